The van der Waals surface area contributed by atoms with Crippen LogP contribution in [0.2, 0.25) is 0 Å². The molecule has 114 valence electrons. The Bertz CT molecular complexity index is 669. The third-order valence-corrected chi connectivity index (χ3v) is 4.91. The highest BCUT2D eigenvalue weighted by molar-refractivity contribution is 9.10. The van der Waals surface area contributed by atoms with Gasteiger partial charge in [0.1, 0.15) is 0 Å². The summed E-state index contributed by atoms with van der Waals surface area (Å²) in [6.07, 6.45) is 3.64. The molecule has 2 aromatic rings. The predicted molar refractivity (Wildman–Crippen MR) is 93.1 cm³/mol. The maximum absolute atomic E-state index is 6.07. The Labute approximate surface area is 140 Å². The molecule has 0 atom stereocenters. The average Bonchev–Trinajstić information content (AvgIpc) is 2.68. The number of aromatic nitrogens is 1. The van der Waals surface area contributed by atoms with Crippen molar-refractivity contribution in [2.24, 2.45) is 0 Å². The normalized spacial score (nSPS) is 19.4. The van der Waals surface area contributed by atoms with Crippen molar-refractivity contribution < 1.29 is 9.31 Å². The molecule has 0 amide bonds. The molecule has 0 spiro atoms. The van der Waals surface area contributed by atoms with Crippen LogP contribution in [0.3, 0.4) is 0 Å². The molecule has 1 fully saturated rings. The topological polar surface area (TPSA) is 31.4 Å². The molecular weight excluding hydrogens is 341 g/mol. The van der Waals surface area contributed by atoms with E-state index in [4.69, 9.17) is 9.31 Å². The van der Waals surface area contributed by atoms with Gasteiger partial charge >= 0.3 is 7.12 Å². The Kier molecular flexibility index (Phi) is 3.92. The van der Waals surface area contributed by atoms with Crippen LogP contribution in [0.25, 0.3) is 11.1 Å². The molecule has 1 aliphatic heterocycles. The zero-order valence-corrected chi connectivity index (χ0v) is 14.8. The van der Waals surface area contributed by atoms with Crippen LogP contribution in [0.15, 0.2) is 47.2 Å². The van der Waals surface area contributed by atoms with Crippen molar-refractivity contribution in [1.29, 1.82) is 0 Å². The second kappa shape index (κ2) is 5.48. The first-order chi connectivity index (χ1) is 10.3. The molecule has 0 N–H and O–H groups in total. The van der Waals surface area contributed by atoms with Gasteiger partial charge < -0.3 is 9.31 Å². The van der Waals surface area contributed by atoms with Crippen LogP contribution < -0.4 is 5.46 Å². The van der Waals surface area contributed by atoms with Crippen LogP contribution in [0.5, 0.6) is 0 Å². The molecular formula is C17H19BBrNO2. The fourth-order valence-corrected chi connectivity index (χ4v) is 2.75. The van der Waals surface area contributed by atoms with Crippen molar-refractivity contribution in [3.63, 3.8) is 0 Å². The van der Waals surface area contributed by atoms with Gasteiger partial charge in [-0.1, -0.05) is 24.3 Å². The highest BCUT2D eigenvalue weighted by Crippen LogP contribution is 2.36. The molecule has 5 heteroatoms. The van der Waals surface area contributed by atoms with Crippen LogP contribution >= 0.6 is 15.9 Å². The number of hydrogen-bond acceptors (Lipinski definition) is 3. The number of hydrogen-bond donors (Lipinski definition) is 0. The number of nitrogens with zero attached hydrogens (tertiary/aromatic N) is 1. The second-order valence-electron chi connectivity index (χ2n) is 6.60. The van der Waals surface area contributed by atoms with Gasteiger partial charge in [0, 0.05) is 22.4 Å². The van der Waals surface area contributed by atoms with Gasteiger partial charge in [-0.3, -0.25) is 4.98 Å². The quantitative estimate of drug-likeness (QED) is 0.764. The van der Waals surface area contributed by atoms with E-state index < -0.39 is 0 Å². The molecule has 1 saturated heterocycles. The second-order valence-corrected chi connectivity index (χ2v) is 7.52. The molecule has 2 heterocycles. The van der Waals surface area contributed by atoms with E-state index in [9.17, 15) is 0 Å². The summed E-state index contributed by atoms with van der Waals surface area (Å²) in [4.78, 5) is 4.20. The summed E-state index contributed by atoms with van der Waals surface area (Å²) < 4.78 is 13.1. The fraction of sp³-hybridized carbons (Fsp3) is 0.353. The lowest BCUT2D eigenvalue weighted by Gasteiger charge is -2.32. The third kappa shape index (κ3) is 2.85. The Morgan fingerprint density at radius 1 is 0.909 bits per heavy atom. The highest BCUT2D eigenvalue weighted by atomic mass is 79.9. The van der Waals surface area contributed by atoms with Gasteiger partial charge in [0.2, 0.25) is 0 Å². The van der Waals surface area contributed by atoms with Crippen molar-refractivity contribution in [3.8, 4) is 11.1 Å². The van der Waals surface area contributed by atoms with Crippen molar-refractivity contribution >= 4 is 28.5 Å². The van der Waals surface area contributed by atoms with Gasteiger partial charge in [0.15, 0.2) is 0 Å². The first-order valence-electron chi connectivity index (χ1n) is 7.35. The Morgan fingerprint density at radius 2 is 1.50 bits per heavy atom. The third-order valence-electron chi connectivity index (χ3n) is 4.47. The minimum Gasteiger partial charge on any atom is -0.399 e. The van der Waals surface area contributed by atoms with E-state index in [0.29, 0.717) is 0 Å². The van der Waals surface area contributed by atoms with Gasteiger partial charge in [0.05, 0.1) is 11.2 Å². The van der Waals surface area contributed by atoms with E-state index in [-0.39, 0.29) is 18.3 Å². The molecule has 1 aromatic heterocycles. The lowest BCUT2D eigenvalue weighted by Crippen LogP contribution is -2.41. The van der Waals surface area contributed by atoms with Crippen LogP contribution in [-0.2, 0) is 9.31 Å². The predicted octanol–water partition coefficient (Wildman–Crippen LogP) is 3.81. The Morgan fingerprint density at radius 3 is 2.05 bits per heavy atom. The molecule has 1 aromatic carbocycles. The number of rotatable bonds is 2. The summed E-state index contributed by atoms with van der Waals surface area (Å²) in [5, 5.41) is 0. The van der Waals surface area contributed by atoms with Crippen LogP contribution in [-0.4, -0.2) is 23.3 Å². The van der Waals surface area contributed by atoms with Crippen molar-refractivity contribution in [2.75, 3.05) is 0 Å². The SMILES string of the molecule is CC1(C)OB(c2ccc(-c3cncc(Br)c3)cc2)OC1(C)C. The largest absolute Gasteiger partial charge is 0.494 e. The molecule has 1 aliphatic rings. The summed E-state index contributed by atoms with van der Waals surface area (Å²) in [5.41, 5.74) is 2.60. The summed E-state index contributed by atoms with van der Waals surface area (Å²) in [6.45, 7) is 8.26. The van der Waals surface area contributed by atoms with Crippen molar-refractivity contribution in [1.82, 2.24) is 4.98 Å². The van der Waals surface area contributed by atoms with Gasteiger partial charge in [-0.25, -0.2) is 0 Å². The Balaban J connectivity index is 1.84. The lowest BCUT2D eigenvalue weighted by molar-refractivity contribution is 0.00578. The summed E-state index contributed by atoms with van der Waals surface area (Å²) in [6, 6.07) is 10.3. The monoisotopic (exact) mass is 359 g/mol. The van der Waals surface area contributed by atoms with Crippen LogP contribution in [0, 0.1) is 0 Å². The highest BCUT2D eigenvalue weighted by Gasteiger charge is 2.51. The van der Waals surface area contributed by atoms with Crippen LogP contribution in [0.4, 0.5) is 0 Å². The molecule has 3 rings (SSSR count). The first-order valence-corrected chi connectivity index (χ1v) is 8.14. The Hall–Kier alpha value is -1.17. The number of pyridine rings is 1. The average molecular weight is 360 g/mol. The summed E-state index contributed by atoms with van der Waals surface area (Å²) >= 11 is 3.45. The maximum Gasteiger partial charge on any atom is 0.494 e. The van der Waals surface area contributed by atoms with E-state index in [1.54, 1.807) is 6.20 Å². The molecule has 22 heavy (non-hydrogen) atoms. The zero-order chi connectivity index (χ0) is 16.0. The summed E-state index contributed by atoms with van der Waals surface area (Å²) in [7, 11) is -0.320. The molecule has 0 bridgehead atoms. The van der Waals surface area contributed by atoms with E-state index in [2.05, 4.69) is 78.9 Å². The fourth-order valence-electron chi connectivity index (χ4n) is 2.38. The zero-order valence-electron chi connectivity index (χ0n) is 13.3. The van der Waals surface area contributed by atoms with Gasteiger partial charge in [-0.2, -0.15) is 0 Å². The van der Waals surface area contributed by atoms with Gasteiger partial charge in [-0.15, -0.1) is 0 Å². The molecule has 0 saturated carbocycles. The van der Waals surface area contributed by atoms with Gasteiger partial charge in [-0.05, 0) is 60.7 Å². The van der Waals surface area contributed by atoms with E-state index in [1.165, 1.54) is 0 Å². The van der Waals surface area contributed by atoms with E-state index in [0.717, 1.165) is 21.1 Å². The molecule has 3 nitrogen and oxygen atoms in total. The number of halogens is 1. The van der Waals surface area contributed by atoms with Gasteiger partial charge in [0.25, 0.3) is 0 Å². The lowest BCUT2D eigenvalue weighted by atomic mass is 9.78. The first kappa shape index (κ1) is 15.7. The minimum absolute atomic E-state index is 0.315. The van der Waals surface area contributed by atoms with Crippen LogP contribution in [0.1, 0.15) is 27.7 Å². The van der Waals surface area contributed by atoms with E-state index >= 15 is 0 Å². The van der Waals surface area contributed by atoms with Crippen molar-refractivity contribution in [3.05, 3.63) is 47.2 Å². The molecule has 0 aliphatic carbocycles. The van der Waals surface area contributed by atoms with Crippen molar-refractivity contribution in [2.45, 2.75) is 38.9 Å². The van der Waals surface area contributed by atoms with E-state index in [1.807, 2.05) is 6.20 Å². The maximum atomic E-state index is 6.07. The summed E-state index contributed by atoms with van der Waals surface area (Å²) in [5.74, 6) is 0. The number of benzene rings is 1. The molecule has 0 radical (unpaired) electrons. The standard InChI is InChI=1S/C17H19BBrNO2/c1-16(2)17(3,4)22-18(21-16)14-7-5-12(6-8-14)13-9-15(19)11-20-10-13/h5-11H,1-4H3. The smallest absolute Gasteiger partial charge is 0.399 e. The molecule has 0 unspecified atom stereocenters. The minimum atomic E-state index is -0.320.